The Labute approximate surface area is 98.7 Å². The number of aromatic nitrogens is 1. The molecule has 1 aromatic heterocycles. The predicted octanol–water partition coefficient (Wildman–Crippen LogP) is 2.73. The molecule has 1 atom stereocenters. The van der Waals surface area contributed by atoms with Crippen molar-refractivity contribution in [3.8, 4) is 0 Å². The first-order chi connectivity index (χ1) is 7.38. The minimum absolute atomic E-state index is 0.00135. The van der Waals surface area contributed by atoms with Crippen LogP contribution in [0.2, 0.25) is 0 Å². The molecule has 0 aliphatic rings. The van der Waals surface area contributed by atoms with Gasteiger partial charge in [-0.1, -0.05) is 6.92 Å². The Morgan fingerprint density at radius 2 is 2.06 bits per heavy atom. The van der Waals surface area contributed by atoms with E-state index >= 15 is 0 Å². The Kier molecular flexibility index (Phi) is 3.92. The molecule has 0 radical (unpaired) electrons. The normalized spacial score (nSPS) is 13.6. The number of nitrogens with two attached hydrogens (primary N) is 1. The summed E-state index contributed by atoms with van der Waals surface area (Å²) >= 11 is 0. The highest BCUT2D eigenvalue weighted by atomic mass is 15.2. The quantitative estimate of drug-likeness (QED) is 0.850. The van der Waals surface area contributed by atoms with Crippen molar-refractivity contribution in [3.63, 3.8) is 0 Å². The second-order valence-corrected chi connectivity index (χ2v) is 4.95. The summed E-state index contributed by atoms with van der Waals surface area (Å²) in [5, 5.41) is 0. The Balaban J connectivity index is 2.90. The summed E-state index contributed by atoms with van der Waals surface area (Å²) in [6.07, 6.45) is 2.99. The highest BCUT2D eigenvalue weighted by molar-refractivity contribution is 5.46. The van der Waals surface area contributed by atoms with E-state index in [2.05, 4.69) is 43.8 Å². The number of rotatable bonds is 4. The van der Waals surface area contributed by atoms with Crippen LogP contribution in [0.15, 0.2) is 18.3 Å². The zero-order valence-corrected chi connectivity index (χ0v) is 11.0. The van der Waals surface area contributed by atoms with Crippen LogP contribution in [0, 0.1) is 0 Å². The van der Waals surface area contributed by atoms with Crippen LogP contribution >= 0.6 is 0 Å². The van der Waals surface area contributed by atoms with Gasteiger partial charge in [0.25, 0.3) is 0 Å². The third kappa shape index (κ3) is 2.73. The highest BCUT2D eigenvalue weighted by Crippen LogP contribution is 2.24. The predicted molar refractivity (Wildman–Crippen MR) is 69.6 cm³/mol. The first-order valence-corrected chi connectivity index (χ1v) is 5.84. The van der Waals surface area contributed by atoms with Gasteiger partial charge in [0.15, 0.2) is 0 Å². The maximum absolute atomic E-state index is 5.78. The van der Waals surface area contributed by atoms with E-state index in [1.54, 1.807) is 0 Å². The molecule has 3 nitrogen and oxygen atoms in total. The van der Waals surface area contributed by atoms with Gasteiger partial charge in [-0.05, 0) is 39.3 Å². The van der Waals surface area contributed by atoms with E-state index in [0.717, 1.165) is 17.8 Å². The summed E-state index contributed by atoms with van der Waals surface area (Å²) in [6.45, 7) is 8.60. The summed E-state index contributed by atoms with van der Waals surface area (Å²) in [7, 11) is 2.10. The van der Waals surface area contributed by atoms with Crippen LogP contribution in [0.4, 0.5) is 5.69 Å². The lowest BCUT2D eigenvalue weighted by atomic mass is 9.99. The summed E-state index contributed by atoms with van der Waals surface area (Å²) in [5.41, 5.74) is 8.00. The molecule has 0 aliphatic carbocycles. The molecule has 1 aromatic rings. The molecule has 0 amide bonds. The second-order valence-electron chi connectivity index (χ2n) is 4.95. The molecule has 3 heteroatoms. The maximum Gasteiger partial charge on any atom is 0.0569 e. The number of pyridine rings is 1. The molecule has 0 aliphatic heterocycles. The third-order valence-corrected chi connectivity index (χ3v) is 3.40. The summed E-state index contributed by atoms with van der Waals surface area (Å²) < 4.78 is 0. The van der Waals surface area contributed by atoms with Crippen LogP contribution in [0.3, 0.4) is 0 Å². The summed E-state index contributed by atoms with van der Waals surface area (Å²) in [4.78, 5) is 6.64. The van der Waals surface area contributed by atoms with Gasteiger partial charge in [0.2, 0.25) is 0 Å². The van der Waals surface area contributed by atoms with Gasteiger partial charge in [0.1, 0.15) is 0 Å². The lowest BCUT2D eigenvalue weighted by Gasteiger charge is -2.36. The van der Waals surface area contributed by atoms with E-state index in [-0.39, 0.29) is 11.6 Å². The Morgan fingerprint density at radius 1 is 1.44 bits per heavy atom. The van der Waals surface area contributed by atoms with Crippen molar-refractivity contribution in [2.45, 2.75) is 45.7 Å². The van der Waals surface area contributed by atoms with Crippen LogP contribution in [0.5, 0.6) is 0 Å². The van der Waals surface area contributed by atoms with Gasteiger partial charge in [0.05, 0.1) is 17.6 Å². The van der Waals surface area contributed by atoms with Gasteiger partial charge in [-0.25, -0.2) is 0 Å². The molecule has 0 saturated carbocycles. The minimum atomic E-state index is -0.00135. The molecule has 0 fully saturated rings. The molecular weight excluding hydrogens is 198 g/mol. The van der Waals surface area contributed by atoms with Gasteiger partial charge in [-0.15, -0.1) is 0 Å². The van der Waals surface area contributed by atoms with Crippen LogP contribution in [0.25, 0.3) is 0 Å². The zero-order valence-electron chi connectivity index (χ0n) is 11.0. The number of hydrogen-bond donors (Lipinski definition) is 1. The average molecular weight is 221 g/mol. The molecule has 1 heterocycles. The second kappa shape index (κ2) is 4.83. The maximum atomic E-state index is 5.78. The molecule has 0 saturated heterocycles. The molecule has 0 spiro atoms. The van der Waals surface area contributed by atoms with Gasteiger partial charge in [0, 0.05) is 18.6 Å². The van der Waals surface area contributed by atoms with Crippen LogP contribution < -0.4 is 10.6 Å². The Hall–Kier alpha value is -1.09. The van der Waals surface area contributed by atoms with E-state index in [1.165, 1.54) is 0 Å². The molecule has 0 aromatic carbocycles. The lowest BCUT2D eigenvalue weighted by molar-refractivity contribution is 0.470. The van der Waals surface area contributed by atoms with Crippen molar-refractivity contribution in [1.82, 2.24) is 4.98 Å². The molecular formula is C13H23N3. The Morgan fingerprint density at radius 3 is 2.44 bits per heavy atom. The molecule has 0 unspecified atom stereocenters. The smallest absolute Gasteiger partial charge is 0.0569 e. The molecule has 0 bridgehead atoms. The first-order valence-electron chi connectivity index (χ1n) is 5.84. The number of nitrogens with zero attached hydrogens (tertiary/aromatic N) is 2. The molecule has 90 valence electrons. The van der Waals surface area contributed by atoms with Gasteiger partial charge in [-0.3, -0.25) is 4.98 Å². The SMILES string of the molecule is CCC(C)(C)N(C)c1ccc([C@@H](C)N)nc1. The molecule has 2 N–H and O–H groups in total. The van der Waals surface area contributed by atoms with E-state index < -0.39 is 0 Å². The molecule has 1 rings (SSSR count). The Bertz CT molecular complexity index is 328. The fourth-order valence-corrected chi connectivity index (χ4v) is 1.45. The van der Waals surface area contributed by atoms with Crippen molar-refractivity contribution in [2.75, 3.05) is 11.9 Å². The van der Waals surface area contributed by atoms with Crippen molar-refractivity contribution >= 4 is 5.69 Å². The largest absolute Gasteiger partial charge is 0.368 e. The topological polar surface area (TPSA) is 42.1 Å². The fraction of sp³-hybridized carbons (Fsp3) is 0.615. The van der Waals surface area contributed by atoms with Gasteiger partial charge in [-0.2, -0.15) is 0 Å². The van der Waals surface area contributed by atoms with Crippen LogP contribution in [-0.4, -0.2) is 17.6 Å². The lowest BCUT2D eigenvalue weighted by Crippen LogP contribution is -2.40. The number of anilines is 1. The van der Waals surface area contributed by atoms with Gasteiger partial charge >= 0.3 is 0 Å². The van der Waals surface area contributed by atoms with E-state index in [4.69, 9.17) is 5.73 Å². The van der Waals surface area contributed by atoms with E-state index in [1.807, 2.05) is 19.2 Å². The fourth-order valence-electron chi connectivity index (χ4n) is 1.45. The monoisotopic (exact) mass is 221 g/mol. The van der Waals surface area contributed by atoms with Crippen molar-refractivity contribution in [1.29, 1.82) is 0 Å². The highest BCUT2D eigenvalue weighted by Gasteiger charge is 2.21. The van der Waals surface area contributed by atoms with Crippen LogP contribution in [-0.2, 0) is 0 Å². The van der Waals surface area contributed by atoms with Crippen LogP contribution in [0.1, 0.15) is 45.9 Å². The third-order valence-electron chi connectivity index (χ3n) is 3.40. The zero-order chi connectivity index (χ0) is 12.3. The van der Waals surface area contributed by atoms with E-state index in [9.17, 15) is 0 Å². The number of hydrogen-bond acceptors (Lipinski definition) is 3. The summed E-state index contributed by atoms with van der Waals surface area (Å²) in [6, 6.07) is 4.09. The average Bonchev–Trinajstić information content (AvgIpc) is 2.28. The van der Waals surface area contributed by atoms with E-state index in [0.29, 0.717) is 0 Å². The van der Waals surface area contributed by atoms with Crippen molar-refractivity contribution in [3.05, 3.63) is 24.0 Å². The van der Waals surface area contributed by atoms with Crippen molar-refractivity contribution in [2.24, 2.45) is 5.73 Å². The first kappa shape index (κ1) is 13.0. The summed E-state index contributed by atoms with van der Waals surface area (Å²) in [5.74, 6) is 0. The standard InChI is InChI=1S/C13H23N3/c1-6-13(3,4)16(5)11-7-8-12(10(2)14)15-9-11/h7-10H,6,14H2,1-5H3/t10-/m1/s1. The van der Waals surface area contributed by atoms with Gasteiger partial charge < -0.3 is 10.6 Å². The van der Waals surface area contributed by atoms with Crippen molar-refractivity contribution < 1.29 is 0 Å². The minimum Gasteiger partial charge on any atom is -0.368 e. The molecule has 16 heavy (non-hydrogen) atoms.